The lowest BCUT2D eigenvalue weighted by molar-refractivity contribution is 0.534. The molecule has 0 bridgehead atoms. The Morgan fingerprint density at radius 2 is 1.87 bits per heavy atom. The van der Waals surface area contributed by atoms with E-state index in [9.17, 15) is 0 Å². The smallest absolute Gasteiger partial charge is 0.247 e. The van der Waals surface area contributed by atoms with Crippen molar-refractivity contribution in [3.05, 3.63) is 17.1 Å². The zero-order valence-electron chi connectivity index (χ0n) is 9.33. The molecule has 0 unspecified atom stereocenters. The van der Waals surface area contributed by atoms with E-state index in [4.69, 9.17) is 10.2 Å². The van der Waals surface area contributed by atoms with Gasteiger partial charge in [0, 0.05) is 7.05 Å². The molecule has 0 aliphatic carbocycles. The van der Waals surface area contributed by atoms with Gasteiger partial charge in [0.05, 0.1) is 17.1 Å². The summed E-state index contributed by atoms with van der Waals surface area (Å²) in [5, 5.41) is 4.22. The maximum atomic E-state index is 5.91. The summed E-state index contributed by atoms with van der Waals surface area (Å²) in [6, 6.07) is 0. The van der Waals surface area contributed by atoms with Crippen LogP contribution in [0.25, 0.3) is 11.6 Å². The number of aryl methyl sites for hydroxylation is 4. The van der Waals surface area contributed by atoms with Gasteiger partial charge in [-0.15, -0.1) is 0 Å². The van der Waals surface area contributed by atoms with Gasteiger partial charge in [-0.05, 0) is 20.8 Å². The van der Waals surface area contributed by atoms with Crippen LogP contribution in [0.5, 0.6) is 0 Å². The second kappa shape index (κ2) is 3.12. The topological polar surface area (TPSA) is 69.9 Å². The van der Waals surface area contributed by atoms with Gasteiger partial charge in [0.2, 0.25) is 5.89 Å². The Labute approximate surface area is 87.9 Å². The molecule has 0 aliphatic rings. The van der Waals surface area contributed by atoms with E-state index in [2.05, 4.69) is 10.1 Å². The number of nitrogens with zero attached hydrogens (tertiary/aromatic N) is 3. The molecule has 2 rings (SSSR count). The molecule has 15 heavy (non-hydrogen) atoms. The highest BCUT2D eigenvalue weighted by molar-refractivity contribution is 5.69. The number of hydrogen-bond donors (Lipinski definition) is 1. The van der Waals surface area contributed by atoms with Crippen LogP contribution in [0.3, 0.4) is 0 Å². The maximum absolute atomic E-state index is 5.91. The highest BCUT2D eigenvalue weighted by Gasteiger charge is 2.17. The van der Waals surface area contributed by atoms with Crippen molar-refractivity contribution >= 4 is 5.69 Å². The lowest BCUT2D eigenvalue weighted by Crippen LogP contribution is -1.95. The predicted octanol–water partition coefficient (Wildman–Crippen LogP) is 1.58. The Kier molecular flexibility index (Phi) is 2.03. The largest absolute Gasteiger partial charge is 0.440 e. The molecule has 5 heteroatoms. The van der Waals surface area contributed by atoms with Crippen molar-refractivity contribution in [1.29, 1.82) is 0 Å². The second-order valence-corrected chi connectivity index (χ2v) is 3.63. The third-order valence-corrected chi connectivity index (χ3v) is 2.50. The van der Waals surface area contributed by atoms with Crippen molar-refractivity contribution in [1.82, 2.24) is 14.8 Å². The van der Waals surface area contributed by atoms with Crippen LogP contribution in [0.15, 0.2) is 4.42 Å². The van der Waals surface area contributed by atoms with Crippen molar-refractivity contribution in [3.63, 3.8) is 0 Å². The number of hydrogen-bond acceptors (Lipinski definition) is 4. The summed E-state index contributed by atoms with van der Waals surface area (Å²) in [5.74, 6) is 1.34. The summed E-state index contributed by atoms with van der Waals surface area (Å²) >= 11 is 0. The lowest BCUT2D eigenvalue weighted by atomic mass is 10.3. The van der Waals surface area contributed by atoms with E-state index in [-0.39, 0.29) is 0 Å². The number of nitrogens with two attached hydrogens (primary N) is 1. The van der Waals surface area contributed by atoms with Crippen molar-refractivity contribution in [3.8, 4) is 11.6 Å². The van der Waals surface area contributed by atoms with Crippen LogP contribution < -0.4 is 5.73 Å². The van der Waals surface area contributed by atoms with Crippen molar-refractivity contribution in [2.75, 3.05) is 5.73 Å². The Balaban J connectivity index is 2.63. The quantitative estimate of drug-likeness (QED) is 0.769. The van der Waals surface area contributed by atoms with Crippen molar-refractivity contribution in [2.24, 2.45) is 7.05 Å². The van der Waals surface area contributed by atoms with E-state index in [0.717, 1.165) is 22.8 Å². The Bertz CT molecular complexity index is 490. The molecule has 80 valence electrons. The van der Waals surface area contributed by atoms with E-state index < -0.39 is 0 Å². The minimum absolute atomic E-state index is 0.533. The van der Waals surface area contributed by atoms with Crippen LogP contribution in [0.1, 0.15) is 17.1 Å². The molecule has 0 amide bonds. The third-order valence-electron chi connectivity index (χ3n) is 2.50. The van der Waals surface area contributed by atoms with Gasteiger partial charge < -0.3 is 10.2 Å². The molecule has 0 atom stereocenters. The fourth-order valence-electron chi connectivity index (χ4n) is 1.50. The minimum atomic E-state index is 0.533. The Morgan fingerprint density at radius 1 is 1.20 bits per heavy atom. The monoisotopic (exact) mass is 206 g/mol. The number of nitrogen functional groups attached to an aromatic ring is 1. The molecule has 0 spiro atoms. The average Bonchev–Trinajstić information content (AvgIpc) is 2.57. The fourth-order valence-corrected chi connectivity index (χ4v) is 1.50. The Hall–Kier alpha value is -1.78. The molecule has 0 aromatic carbocycles. The van der Waals surface area contributed by atoms with Gasteiger partial charge in [-0.25, -0.2) is 4.98 Å². The first-order valence-corrected chi connectivity index (χ1v) is 4.74. The molecule has 0 saturated heterocycles. The fraction of sp³-hybridized carbons (Fsp3) is 0.400. The highest BCUT2D eigenvalue weighted by Crippen LogP contribution is 2.28. The average molecular weight is 206 g/mol. The first-order valence-electron chi connectivity index (χ1n) is 4.74. The first kappa shape index (κ1) is 9.76. The van der Waals surface area contributed by atoms with Gasteiger partial charge in [-0.3, -0.25) is 4.68 Å². The normalized spacial score (nSPS) is 10.9. The van der Waals surface area contributed by atoms with Crippen LogP contribution >= 0.6 is 0 Å². The third kappa shape index (κ3) is 1.40. The van der Waals surface area contributed by atoms with E-state index in [1.807, 2.05) is 27.8 Å². The number of oxazole rings is 1. The van der Waals surface area contributed by atoms with Gasteiger partial charge in [-0.2, -0.15) is 5.10 Å². The molecule has 2 aromatic heterocycles. The molecule has 0 saturated carbocycles. The van der Waals surface area contributed by atoms with E-state index in [1.54, 1.807) is 4.68 Å². The van der Waals surface area contributed by atoms with Crippen LogP contribution in [0.2, 0.25) is 0 Å². The standard InChI is InChI=1S/C10H14N4O/c1-5-7(3)15-10(12-5)9-8(11)6(2)13-14(9)4/h11H2,1-4H3. The molecule has 2 heterocycles. The van der Waals surface area contributed by atoms with Gasteiger partial charge in [0.15, 0.2) is 0 Å². The van der Waals surface area contributed by atoms with E-state index >= 15 is 0 Å². The molecule has 0 aliphatic heterocycles. The lowest BCUT2D eigenvalue weighted by Gasteiger charge is -1.96. The van der Waals surface area contributed by atoms with Crippen molar-refractivity contribution in [2.45, 2.75) is 20.8 Å². The highest BCUT2D eigenvalue weighted by atomic mass is 16.4. The first-order chi connectivity index (χ1) is 7.00. The summed E-state index contributed by atoms with van der Waals surface area (Å²) in [4.78, 5) is 4.31. The molecule has 5 nitrogen and oxygen atoms in total. The minimum Gasteiger partial charge on any atom is -0.440 e. The Morgan fingerprint density at radius 3 is 2.27 bits per heavy atom. The summed E-state index contributed by atoms with van der Waals surface area (Å²) in [7, 11) is 1.83. The summed E-state index contributed by atoms with van der Waals surface area (Å²) in [5.41, 5.74) is 8.95. The number of aromatic nitrogens is 3. The van der Waals surface area contributed by atoms with Crippen molar-refractivity contribution < 1.29 is 4.42 Å². The van der Waals surface area contributed by atoms with Crippen LogP contribution in [-0.2, 0) is 7.05 Å². The van der Waals surface area contributed by atoms with Crippen LogP contribution in [0.4, 0.5) is 5.69 Å². The zero-order valence-corrected chi connectivity index (χ0v) is 9.33. The molecule has 0 radical (unpaired) electrons. The van der Waals surface area contributed by atoms with Crippen LogP contribution in [0, 0.1) is 20.8 Å². The summed E-state index contributed by atoms with van der Waals surface area (Å²) in [6.07, 6.45) is 0. The number of rotatable bonds is 1. The van der Waals surface area contributed by atoms with Gasteiger partial charge >= 0.3 is 0 Å². The van der Waals surface area contributed by atoms with E-state index in [1.165, 1.54) is 0 Å². The summed E-state index contributed by atoms with van der Waals surface area (Å²) in [6.45, 7) is 5.65. The predicted molar refractivity (Wildman–Crippen MR) is 57.3 cm³/mol. The number of anilines is 1. The molecular formula is C10H14N4O. The van der Waals surface area contributed by atoms with Gasteiger partial charge in [-0.1, -0.05) is 0 Å². The SMILES string of the molecule is Cc1nc(-c2c(N)c(C)nn2C)oc1C. The molecule has 2 N–H and O–H groups in total. The second-order valence-electron chi connectivity index (χ2n) is 3.63. The molecule has 0 fully saturated rings. The zero-order chi connectivity index (χ0) is 11.2. The maximum Gasteiger partial charge on any atom is 0.247 e. The van der Waals surface area contributed by atoms with Gasteiger partial charge in [0.1, 0.15) is 11.5 Å². The van der Waals surface area contributed by atoms with Crippen LogP contribution in [-0.4, -0.2) is 14.8 Å². The van der Waals surface area contributed by atoms with Gasteiger partial charge in [0.25, 0.3) is 0 Å². The molecular weight excluding hydrogens is 192 g/mol. The summed E-state index contributed by atoms with van der Waals surface area (Å²) < 4.78 is 7.21. The van der Waals surface area contributed by atoms with E-state index in [0.29, 0.717) is 11.6 Å². The molecule has 2 aromatic rings.